The van der Waals surface area contributed by atoms with E-state index < -0.39 is 6.10 Å². The first-order valence-electron chi connectivity index (χ1n) is 8.17. The van der Waals surface area contributed by atoms with Gasteiger partial charge in [-0.05, 0) is 49.4 Å². The molecule has 1 aliphatic carbocycles. The fourth-order valence-electron chi connectivity index (χ4n) is 2.90. The minimum absolute atomic E-state index is 0.175. The van der Waals surface area contributed by atoms with Gasteiger partial charge in [-0.25, -0.2) is 0 Å². The summed E-state index contributed by atoms with van der Waals surface area (Å²) in [7, 11) is 0. The zero-order valence-electron chi connectivity index (χ0n) is 13.7. The van der Waals surface area contributed by atoms with Crippen molar-refractivity contribution < 1.29 is 14.3 Å². The van der Waals surface area contributed by atoms with Crippen LogP contribution in [0.5, 0.6) is 0 Å². The molecular weight excluding hydrogens is 320 g/mol. The predicted octanol–water partition coefficient (Wildman–Crippen LogP) is 4.08. The molecule has 24 heavy (non-hydrogen) atoms. The van der Waals surface area contributed by atoms with Gasteiger partial charge in [0.1, 0.15) is 0 Å². The Bertz CT molecular complexity index is 740. The second-order valence-electron chi connectivity index (χ2n) is 5.94. The Labute approximate surface area is 146 Å². The fraction of sp³-hybridized carbons (Fsp3) is 0.300. The molecule has 4 heteroatoms. The smallest absolute Gasteiger partial charge is 0.316 e. The van der Waals surface area contributed by atoms with Crippen molar-refractivity contribution >= 4 is 23.5 Å². The molecule has 0 spiro atoms. The third-order valence-electron chi connectivity index (χ3n) is 4.16. The van der Waals surface area contributed by atoms with E-state index in [0.717, 1.165) is 17.7 Å². The third-order valence-corrected chi connectivity index (χ3v) is 5.13. The number of hydrogen-bond acceptors (Lipinski definition) is 4. The van der Waals surface area contributed by atoms with Gasteiger partial charge >= 0.3 is 5.97 Å². The Kier molecular flexibility index (Phi) is 5.36. The lowest BCUT2D eigenvalue weighted by atomic mass is 10.1. The summed E-state index contributed by atoms with van der Waals surface area (Å²) in [6.07, 6.45) is 2.73. The molecule has 0 saturated heterocycles. The zero-order chi connectivity index (χ0) is 16.9. The second kappa shape index (κ2) is 7.67. The fourth-order valence-corrected chi connectivity index (χ4v) is 3.64. The second-order valence-corrected chi connectivity index (χ2v) is 6.98. The molecule has 0 amide bonds. The molecule has 0 aromatic heterocycles. The van der Waals surface area contributed by atoms with E-state index in [4.69, 9.17) is 4.74 Å². The number of ether oxygens (including phenoxy) is 1. The van der Waals surface area contributed by atoms with Gasteiger partial charge in [-0.15, -0.1) is 11.8 Å². The maximum Gasteiger partial charge on any atom is 0.316 e. The number of carbonyl (C=O) groups is 2. The van der Waals surface area contributed by atoms with Crippen LogP contribution in [0.25, 0.3) is 0 Å². The van der Waals surface area contributed by atoms with E-state index in [1.54, 1.807) is 31.2 Å². The van der Waals surface area contributed by atoms with Crippen molar-refractivity contribution in [1.29, 1.82) is 0 Å². The van der Waals surface area contributed by atoms with Gasteiger partial charge in [0.25, 0.3) is 0 Å². The monoisotopic (exact) mass is 340 g/mol. The van der Waals surface area contributed by atoms with Crippen LogP contribution in [-0.4, -0.2) is 23.6 Å². The molecule has 0 bridgehead atoms. The molecule has 0 heterocycles. The summed E-state index contributed by atoms with van der Waals surface area (Å²) in [5, 5.41) is 0. The summed E-state index contributed by atoms with van der Waals surface area (Å²) in [5.41, 5.74) is 3.37. The maximum absolute atomic E-state index is 12.2. The quantitative estimate of drug-likeness (QED) is 0.451. The van der Waals surface area contributed by atoms with Crippen molar-refractivity contribution in [2.75, 3.05) is 5.75 Å². The average molecular weight is 340 g/mol. The number of aryl methyl sites for hydroxylation is 2. The van der Waals surface area contributed by atoms with Crippen LogP contribution < -0.4 is 0 Å². The molecule has 0 N–H and O–H groups in total. The molecule has 1 aliphatic rings. The number of Topliss-reactive ketones (excluding diaryl/α,β-unsaturated/α-hetero) is 1. The number of ketones is 1. The van der Waals surface area contributed by atoms with Crippen molar-refractivity contribution in [3.63, 3.8) is 0 Å². The molecule has 3 rings (SSSR count). The van der Waals surface area contributed by atoms with Gasteiger partial charge in [0, 0.05) is 10.5 Å². The number of fused-ring (bicyclic) bond motifs is 1. The van der Waals surface area contributed by atoms with Crippen LogP contribution in [-0.2, 0) is 22.4 Å². The molecule has 2 aromatic rings. The van der Waals surface area contributed by atoms with Crippen molar-refractivity contribution in [3.8, 4) is 0 Å². The maximum atomic E-state index is 12.2. The molecule has 2 aromatic carbocycles. The molecular formula is C20H20O3S. The largest absolute Gasteiger partial charge is 0.454 e. The lowest BCUT2D eigenvalue weighted by molar-refractivity contribution is -0.143. The number of hydrogen-bond donors (Lipinski definition) is 0. The molecule has 3 nitrogen and oxygen atoms in total. The first-order valence-corrected chi connectivity index (χ1v) is 9.15. The minimum atomic E-state index is -0.763. The van der Waals surface area contributed by atoms with Crippen LogP contribution in [0.2, 0.25) is 0 Å². The number of rotatable bonds is 6. The molecule has 0 aliphatic heterocycles. The molecule has 0 radical (unpaired) electrons. The van der Waals surface area contributed by atoms with E-state index in [1.807, 2.05) is 6.07 Å². The highest BCUT2D eigenvalue weighted by molar-refractivity contribution is 8.00. The zero-order valence-corrected chi connectivity index (χ0v) is 14.5. The number of thioether (sulfide) groups is 1. The highest BCUT2D eigenvalue weighted by atomic mass is 32.2. The van der Waals surface area contributed by atoms with Gasteiger partial charge in [0.15, 0.2) is 6.10 Å². The van der Waals surface area contributed by atoms with E-state index in [1.165, 1.54) is 29.3 Å². The Morgan fingerprint density at radius 1 is 1.08 bits per heavy atom. The number of benzene rings is 2. The van der Waals surface area contributed by atoms with E-state index in [9.17, 15) is 9.59 Å². The highest BCUT2D eigenvalue weighted by Gasteiger charge is 2.19. The van der Waals surface area contributed by atoms with Crippen LogP contribution in [0.3, 0.4) is 0 Å². The third kappa shape index (κ3) is 4.06. The van der Waals surface area contributed by atoms with Gasteiger partial charge in [-0.3, -0.25) is 9.59 Å². The molecule has 1 unspecified atom stereocenters. The summed E-state index contributed by atoms with van der Waals surface area (Å²) in [5.74, 6) is -0.325. The lowest BCUT2D eigenvalue weighted by Crippen LogP contribution is -2.25. The van der Waals surface area contributed by atoms with E-state index in [0.29, 0.717) is 5.56 Å². The summed E-state index contributed by atoms with van der Waals surface area (Å²) < 4.78 is 5.27. The standard InChI is InChI=1S/C20H20O3S/c1-14(20(22)16-6-3-2-4-7-16)23-19(21)13-24-18-11-10-15-8-5-9-17(15)12-18/h2-4,6-7,10-12,14H,5,8-9,13H2,1H3. The Hall–Kier alpha value is -2.07. The van der Waals surface area contributed by atoms with Crippen molar-refractivity contribution in [1.82, 2.24) is 0 Å². The first-order chi connectivity index (χ1) is 11.6. The minimum Gasteiger partial charge on any atom is -0.454 e. The molecule has 124 valence electrons. The topological polar surface area (TPSA) is 43.4 Å². The van der Waals surface area contributed by atoms with E-state index >= 15 is 0 Å². The Morgan fingerprint density at radius 3 is 2.62 bits per heavy atom. The SMILES string of the molecule is CC(OC(=O)CSc1ccc2c(c1)CCC2)C(=O)c1ccccc1. The van der Waals surface area contributed by atoms with Crippen LogP contribution >= 0.6 is 11.8 Å². The van der Waals surface area contributed by atoms with Crippen LogP contribution in [0, 0.1) is 0 Å². The predicted molar refractivity (Wildman–Crippen MR) is 95.5 cm³/mol. The van der Waals surface area contributed by atoms with E-state index in [-0.39, 0.29) is 17.5 Å². The number of carbonyl (C=O) groups excluding carboxylic acids is 2. The van der Waals surface area contributed by atoms with Gasteiger partial charge in [0.05, 0.1) is 5.75 Å². The number of esters is 1. The highest BCUT2D eigenvalue weighted by Crippen LogP contribution is 2.27. The van der Waals surface area contributed by atoms with Gasteiger partial charge in [-0.2, -0.15) is 0 Å². The van der Waals surface area contributed by atoms with Crippen LogP contribution in [0.15, 0.2) is 53.4 Å². The van der Waals surface area contributed by atoms with Crippen LogP contribution in [0.1, 0.15) is 34.8 Å². The molecule has 0 fully saturated rings. The van der Waals surface area contributed by atoms with Crippen molar-refractivity contribution in [2.24, 2.45) is 0 Å². The van der Waals surface area contributed by atoms with Crippen molar-refractivity contribution in [2.45, 2.75) is 37.2 Å². The Morgan fingerprint density at radius 2 is 1.83 bits per heavy atom. The average Bonchev–Trinajstić information content (AvgIpc) is 3.07. The Balaban J connectivity index is 1.51. The summed E-state index contributed by atoms with van der Waals surface area (Å²) in [6.45, 7) is 1.62. The van der Waals surface area contributed by atoms with E-state index in [2.05, 4.69) is 18.2 Å². The molecule has 0 saturated carbocycles. The van der Waals surface area contributed by atoms with Gasteiger partial charge in [0.2, 0.25) is 5.78 Å². The van der Waals surface area contributed by atoms with Crippen LogP contribution in [0.4, 0.5) is 0 Å². The van der Waals surface area contributed by atoms with Crippen molar-refractivity contribution in [3.05, 3.63) is 65.2 Å². The lowest BCUT2D eigenvalue weighted by Gasteiger charge is -2.12. The molecule has 1 atom stereocenters. The van der Waals surface area contributed by atoms with Gasteiger partial charge in [-0.1, -0.05) is 36.4 Å². The summed E-state index contributed by atoms with van der Waals surface area (Å²) in [6, 6.07) is 15.3. The van der Waals surface area contributed by atoms with Gasteiger partial charge < -0.3 is 4.74 Å². The summed E-state index contributed by atoms with van der Waals surface area (Å²) >= 11 is 1.46. The first kappa shape index (κ1) is 16.8. The summed E-state index contributed by atoms with van der Waals surface area (Å²) in [4.78, 5) is 25.3. The normalized spacial score (nSPS) is 14.0.